The standard InChI is InChI=1S/C17H23N3O2/c1-10(2)19-13-8-7-11-5-4-6-12-9-14(16(21)18-3)20(15(11)12)17(13)22/h4-6,10,13-14,19H,7-9H2,1-3H3,(H,18,21)/t13-,14-/m0/s1. The molecule has 5 heteroatoms. The lowest BCUT2D eigenvalue weighted by Crippen LogP contribution is -2.54. The fourth-order valence-corrected chi connectivity index (χ4v) is 3.56. The molecule has 1 aromatic rings. The molecule has 2 aliphatic rings. The van der Waals surface area contributed by atoms with E-state index in [0.717, 1.165) is 24.1 Å². The minimum Gasteiger partial charge on any atom is -0.357 e. The summed E-state index contributed by atoms with van der Waals surface area (Å²) in [6.07, 6.45) is 2.23. The molecule has 2 N–H and O–H groups in total. The number of likely N-dealkylation sites (N-methyl/N-ethyl adjacent to an activating group) is 1. The molecule has 3 rings (SSSR count). The summed E-state index contributed by atoms with van der Waals surface area (Å²) < 4.78 is 0. The number of hydrogen-bond donors (Lipinski definition) is 2. The van der Waals surface area contributed by atoms with E-state index < -0.39 is 6.04 Å². The molecule has 0 spiro atoms. The van der Waals surface area contributed by atoms with E-state index in [1.54, 1.807) is 11.9 Å². The Bertz CT molecular complexity index is 612. The number of benzene rings is 1. The highest BCUT2D eigenvalue weighted by Gasteiger charge is 2.43. The number of nitrogens with one attached hydrogen (secondary N) is 2. The van der Waals surface area contributed by atoms with Crippen LogP contribution >= 0.6 is 0 Å². The molecule has 0 aliphatic carbocycles. The fourth-order valence-electron chi connectivity index (χ4n) is 3.56. The average molecular weight is 301 g/mol. The monoisotopic (exact) mass is 301 g/mol. The summed E-state index contributed by atoms with van der Waals surface area (Å²) in [5, 5.41) is 6.04. The summed E-state index contributed by atoms with van der Waals surface area (Å²) in [5.74, 6) is -0.0771. The van der Waals surface area contributed by atoms with Crippen LogP contribution in [0.3, 0.4) is 0 Å². The van der Waals surface area contributed by atoms with Crippen molar-refractivity contribution in [3.63, 3.8) is 0 Å². The van der Waals surface area contributed by atoms with Crippen molar-refractivity contribution >= 4 is 17.5 Å². The van der Waals surface area contributed by atoms with Gasteiger partial charge in [-0.1, -0.05) is 32.0 Å². The molecule has 0 unspecified atom stereocenters. The molecule has 2 heterocycles. The predicted octanol–water partition coefficient (Wildman–Crippen LogP) is 1.00. The van der Waals surface area contributed by atoms with Crippen LogP contribution in [0, 0.1) is 0 Å². The lowest BCUT2D eigenvalue weighted by Gasteiger charge is -2.28. The van der Waals surface area contributed by atoms with Crippen LogP contribution in [0.2, 0.25) is 0 Å². The van der Waals surface area contributed by atoms with E-state index in [1.807, 2.05) is 26.0 Å². The Labute approximate surface area is 131 Å². The largest absolute Gasteiger partial charge is 0.357 e. The van der Waals surface area contributed by atoms with E-state index in [0.29, 0.717) is 6.42 Å². The first-order valence-electron chi connectivity index (χ1n) is 7.94. The molecule has 0 saturated heterocycles. The summed E-state index contributed by atoms with van der Waals surface area (Å²) in [6.45, 7) is 4.08. The zero-order valence-electron chi connectivity index (χ0n) is 13.3. The highest BCUT2D eigenvalue weighted by Crippen LogP contribution is 2.38. The predicted molar refractivity (Wildman–Crippen MR) is 85.9 cm³/mol. The summed E-state index contributed by atoms with van der Waals surface area (Å²) in [7, 11) is 1.62. The van der Waals surface area contributed by atoms with Crippen molar-refractivity contribution in [2.24, 2.45) is 0 Å². The van der Waals surface area contributed by atoms with Gasteiger partial charge in [-0.05, 0) is 24.0 Å². The van der Waals surface area contributed by atoms with Crippen LogP contribution in [0.15, 0.2) is 18.2 Å². The van der Waals surface area contributed by atoms with E-state index in [-0.39, 0.29) is 23.9 Å². The van der Waals surface area contributed by atoms with Gasteiger partial charge >= 0.3 is 0 Å². The van der Waals surface area contributed by atoms with Crippen LogP contribution in [-0.4, -0.2) is 37.0 Å². The Kier molecular flexibility index (Phi) is 3.91. The lowest BCUT2D eigenvalue weighted by atomic mass is 10.0. The van der Waals surface area contributed by atoms with Gasteiger partial charge < -0.3 is 10.6 Å². The van der Waals surface area contributed by atoms with Gasteiger partial charge in [0.25, 0.3) is 0 Å². The number of carbonyl (C=O) groups excluding carboxylic acids is 2. The molecule has 2 aliphatic heterocycles. The first-order valence-corrected chi connectivity index (χ1v) is 7.94. The van der Waals surface area contributed by atoms with Gasteiger partial charge in [0.1, 0.15) is 6.04 Å². The Hall–Kier alpha value is -1.88. The second-order valence-electron chi connectivity index (χ2n) is 6.38. The van der Waals surface area contributed by atoms with E-state index in [9.17, 15) is 9.59 Å². The molecule has 2 amide bonds. The van der Waals surface area contributed by atoms with Crippen LogP contribution in [0.5, 0.6) is 0 Å². The topological polar surface area (TPSA) is 61.4 Å². The summed E-state index contributed by atoms with van der Waals surface area (Å²) in [4.78, 5) is 27.0. The minimum atomic E-state index is -0.428. The second-order valence-corrected chi connectivity index (χ2v) is 6.38. The van der Waals surface area contributed by atoms with Gasteiger partial charge in [0.05, 0.1) is 11.7 Å². The number of para-hydroxylation sites is 1. The van der Waals surface area contributed by atoms with Crippen molar-refractivity contribution in [3.8, 4) is 0 Å². The number of aryl methyl sites for hydroxylation is 1. The quantitative estimate of drug-likeness (QED) is 0.876. The number of nitrogens with zero attached hydrogens (tertiary/aromatic N) is 1. The maximum atomic E-state index is 13.0. The third-order valence-electron chi connectivity index (χ3n) is 4.49. The molecule has 0 saturated carbocycles. The Morgan fingerprint density at radius 2 is 2.05 bits per heavy atom. The smallest absolute Gasteiger partial charge is 0.244 e. The van der Waals surface area contributed by atoms with Crippen molar-refractivity contribution in [3.05, 3.63) is 29.3 Å². The van der Waals surface area contributed by atoms with E-state index >= 15 is 0 Å². The molecule has 0 fully saturated rings. The Morgan fingerprint density at radius 1 is 1.32 bits per heavy atom. The van der Waals surface area contributed by atoms with E-state index in [1.165, 1.54) is 5.56 Å². The first-order chi connectivity index (χ1) is 10.5. The van der Waals surface area contributed by atoms with Crippen LogP contribution in [0.1, 0.15) is 31.4 Å². The van der Waals surface area contributed by atoms with Crippen LogP contribution in [0.25, 0.3) is 0 Å². The number of anilines is 1. The molecule has 1 aromatic carbocycles. The molecule has 22 heavy (non-hydrogen) atoms. The molecular formula is C17H23N3O2. The van der Waals surface area contributed by atoms with E-state index in [4.69, 9.17) is 0 Å². The van der Waals surface area contributed by atoms with Crippen molar-refractivity contribution in [1.82, 2.24) is 10.6 Å². The zero-order valence-corrected chi connectivity index (χ0v) is 13.3. The molecule has 0 radical (unpaired) electrons. The van der Waals surface area contributed by atoms with Gasteiger partial charge in [0.2, 0.25) is 11.8 Å². The molecule has 0 aromatic heterocycles. The lowest BCUT2D eigenvalue weighted by molar-refractivity contribution is -0.126. The van der Waals surface area contributed by atoms with Crippen molar-refractivity contribution in [2.45, 2.75) is 51.2 Å². The third-order valence-corrected chi connectivity index (χ3v) is 4.49. The van der Waals surface area contributed by atoms with E-state index in [2.05, 4.69) is 16.7 Å². The number of hydrogen-bond acceptors (Lipinski definition) is 3. The van der Waals surface area contributed by atoms with Crippen molar-refractivity contribution < 1.29 is 9.59 Å². The maximum absolute atomic E-state index is 13.0. The summed E-state index contributed by atoms with van der Waals surface area (Å²) in [5.41, 5.74) is 3.24. The highest BCUT2D eigenvalue weighted by molar-refractivity contribution is 6.06. The first kappa shape index (κ1) is 15.0. The summed E-state index contributed by atoms with van der Waals surface area (Å²) in [6, 6.07) is 5.70. The van der Waals surface area contributed by atoms with Gasteiger partial charge in [-0.3, -0.25) is 14.5 Å². The molecule has 5 nitrogen and oxygen atoms in total. The summed E-state index contributed by atoms with van der Waals surface area (Å²) >= 11 is 0. The zero-order chi connectivity index (χ0) is 15.9. The van der Waals surface area contributed by atoms with Crippen molar-refractivity contribution in [2.75, 3.05) is 11.9 Å². The number of carbonyl (C=O) groups is 2. The highest BCUT2D eigenvalue weighted by atomic mass is 16.2. The molecule has 2 atom stereocenters. The normalized spacial score (nSPS) is 23.5. The van der Waals surface area contributed by atoms with Crippen molar-refractivity contribution in [1.29, 1.82) is 0 Å². The average Bonchev–Trinajstić information content (AvgIpc) is 2.83. The Morgan fingerprint density at radius 3 is 2.73 bits per heavy atom. The van der Waals surface area contributed by atoms with Gasteiger partial charge in [-0.15, -0.1) is 0 Å². The van der Waals surface area contributed by atoms with Gasteiger partial charge in [-0.2, -0.15) is 0 Å². The molecular weight excluding hydrogens is 278 g/mol. The van der Waals surface area contributed by atoms with Crippen LogP contribution < -0.4 is 15.5 Å². The number of rotatable bonds is 3. The molecule has 118 valence electrons. The second kappa shape index (κ2) is 5.72. The third kappa shape index (κ3) is 2.39. The maximum Gasteiger partial charge on any atom is 0.244 e. The van der Waals surface area contributed by atoms with Gasteiger partial charge in [-0.25, -0.2) is 0 Å². The fraction of sp³-hybridized carbons (Fsp3) is 0.529. The van der Waals surface area contributed by atoms with Gasteiger partial charge in [0.15, 0.2) is 0 Å². The minimum absolute atomic E-state index is 0.0194. The van der Waals surface area contributed by atoms with Crippen LogP contribution in [0.4, 0.5) is 5.69 Å². The molecule has 0 bridgehead atoms. The SMILES string of the molecule is CNC(=O)[C@@H]1Cc2cccc3c2N1C(=O)[C@@H](NC(C)C)CC3. The van der Waals surface area contributed by atoms with Gasteiger partial charge in [0, 0.05) is 19.5 Å². The Balaban J connectivity index is 2.03. The number of amides is 2. The van der Waals surface area contributed by atoms with Crippen LogP contribution in [-0.2, 0) is 22.4 Å².